The second kappa shape index (κ2) is 2230. The first-order chi connectivity index (χ1) is 1.00. The molecule has 4 N–H and O–H groups in total. The molecule has 3 nitrogen and oxygen atoms in total. The normalized spacial score (nSPS) is 1.20. The summed E-state index contributed by atoms with van der Waals surface area (Å²) in [6.07, 6.45) is 0. The first-order valence-electron chi connectivity index (χ1n) is 0.200. The van der Waals surface area contributed by atoms with Gasteiger partial charge in [0.05, 0.1) is 0 Å². The molecule has 0 unspecified atom stereocenters. The molecule has 0 aromatic heterocycles. The average Bonchev–Trinajstić information content (AvgIpc) is 1.00. The van der Waals surface area contributed by atoms with Crippen LogP contribution in [-0.2, 0) is 0 Å². The zero-order chi connectivity index (χ0) is 2.00. The van der Waals surface area contributed by atoms with Crippen LogP contribution in [0.4, 0.5) is 0 Å². The van der Waals surface area contributed by atoms with Gasteiger partial charge in [-0.1, -0.05) is 14.9 Å². The van der Waals surface area contributed by atoms with E-state index in [1.807, 2.05) is 0 Å². The summed E-state index contributed by atoms with van der Waals surface area (Å²) in [4.78, 5) is 0. The number of hydrogen-bond acceptors (Lipinski definition) is 2. The number of hydrogen-bond donors (Lipinski definition) is 2. The lowest BCUT2D eigenvalue weighted by molar-refractivity contribution is -0.176. The van der Waals surface area contributed by atoms with Crippen LogP contribution in [0.1, 0.15) is 14.9 Å². The van der Waals surface area contributed by atoms with E-state index in [4.69, 9.17) is 10.5 Å². The van der Waals surface area contributed by atoms with Crippen LogP contribution in [0.3, 0.4) is 0 Å². The summed E-state index contributed by atoms with van der Waals surface area (Å²) in [5, 5.41) is 12.0. The SMILES string of the molecule is C.C.O.OO. The van der Waals surface area contributed by atoms with Gasteiger partial charge in [-0.25, -0.2) is 0 Å². The Morgan fingerprint density at radius 1 is 0.800 bits per heavy atom. The van der Waals surface area contributed by atoms with Gasteiger partial charge in [0.1, 0.15) is 0 Å². The summed E-state index contributed by atoms with van der Waals surface area (Å²) < 4.78 is 0. The Balaban J connectivity index is -0.00000000167. The second-order valence-electron chi connectivity index (χ2n) is 0. The molecule has 0 saturated carbocycles. The predicted octanol–water partition coefficient (Wildman–Crippen LogP) is 0.465. The highest BCUT2D eigenvalue weighted by atomic mass is 17.0. The minimum absolute atomic E-state index is 0. The Morgan fingerprint density at radius 2 is 0.800 bits per heavy atom. The lowest BCUT2D eigenvalue weighted by atomic mass is 12.0. The summed E-state index contributed by atoms with van der Waals surface area (Å²) >= 11 is 0. The van der Waals surface area contributed by atoms with E-state index in [0.717, 1.165) is 0 Å². The Morgan fingerprint density at radius 3 is 0.800 bits per heavy atom. The summed E-state index contributed by atoms with van der Waals surface area (Å²) in [5.74, 6) is 0. The topological polar surface area (TPSA) is 72.0 Å². The van der Waals surface area contributed by atoms with Crippen LogP contribution in [0, 0.1) is 0 Å². The van der Waals surface area contributed by atoms with Crippen molar-refractivity contribution in [1.29, 1.82) is 0 Å². The fraction of sp³-hybridized carbons (Fsp3) is 1.00. The van der Waals surface area contributed by atoms with Crippen molar-refractivity contribution in [1.82, 2.24) is 0 Å². The highest BCUT2D eigenvalue weighted by molar-refractivity contribution is 2.50. The van der Waals surface area contributed by atoms with Gasteiger partial charge < -0.3 is 5.48 Å². The van der Waals surface area contributed by atoms with Crippen LogP contribution in [0.15, 0.2) is 0 Å². The largest absolute Gasteiger partial charge is 0.412 e. The quantitative estimate of drug-likeness (QED) is 0.330. The van der Waals surface area contributed by atoms with Gasteiger partial charge in [0, 0.05) is 0 Å². The Hall–Kier alpha value is -0.120. The van der Waals surface area contributed by atoms with Crippen LogP contribution in [0.25, 0.3) is 0 Å². The van der Waals surface area contributed by atoms with E-state index >= 15 is 0 Å². The fourth-order valence-corrected chi connectivity index (χ4v) is 0. The standard InChI is InChI=1S/2CH4.H2O2.H2O/c;;1-2;/h2*1H4;1-2H;1H2. The van der Waals surface area contributed by atoms with Gasteiger partial charge >= 0.3 is 0 Å². The molecule has 38 valence electrons. The molecule has 3 heteroatoms. The summed E-state index contributed by atoms with van der Waals surface area (Å²) in [6.45, 7) is 0. The molecular weight excluding hydrogens is 72.0 g/mol. The van der Waals surface area contributed by atoms with Crippen LogP contribution in [0.5, 0.6) is 0 Å². The molecule has 0 atom stereocenters. The molecule has 0 aliphatic carbocycles. The van der Waals surface area contributed by atoms with Gasteiger partial charge in [0.15, 0.2) is 0 Å². The van der Waals surface area contributed by atoms with Crippen molar-refractivity contribution in [2.45, 2.75) is 14.9 Å². The predicted molar refractivity (Wildman–Crippen MR) is 22.3 cm³/mol. The van der Waals surface area contributed by atoms with Gasteiger partial charge in [0.2, 0.25) is 0 Å². The molecule has 0 aliphatic heterocycles. The molecular formula is C2H12O3. The molecule has 5 heavy (non-hydrogen) atoms. The lowest BCUT2D eigenvalue weighted by Gasteiger charge is -1.25. The first-order valence-corrected chi connectivity index (χ1v) is 0.200. The third kappa shape index (κ3) is 952. The van der Waals surface area contributed by atoms with Gasteiger partial charge in [-0.3, -0.25) is 10.5 Å². The molecule has 0 fully saturated rings. The summed E-state index contributed by atoms with van der Waals surface area (Å²) in [7, 11) is 0. The Kier molecular flexibility index (Phi) is 42400. The molecule has 0 aromatic carbocycles. The fourth-order valence-electron chi connectivity index (χ4n) is 0. The maximum atomic E-state index is 6.00. The van der Waals surface area contributed by atoms with E-state index < -0.39 is 0 Å². The molecule has 0 spiro atoms. The highest BCUT2D eigenvalue weighted by Gasteiger charge is 0.745. The van der Waals surface area contributed by atoms with E-state index in [1.54, 1.807) is 0 Å². The third-order valence-corrected chi connectivity index (χ3v) is 0. The van der Waals surface area contributed by atoms with E-state index in [1.165, 1.54) is 0 Å². The smallest absolute Gasteiger partial charge is 0.0776 e. The van der Waals surface area contributed by atoms with E-state index in [2.05, 4.69) is 0 Å². The molecule has 0 radical (unpaired) electrons. The molecule has 0 heterocycles. The first kappa shape index (κ1) is 94.9. The minimum Gasteiger partial charge on any atom is -0.412 e. The molecule has 0 bridgehead atoms. The van der Waals surface area contributed by atoms with E-state index in [0.29, 0.717) is 0 Å². The zero-order valence-electron chi connectivity index (χ0n) is 1.39. The molecule has 0 rings (SSSR count). The lowest BCUT2D eigenvalue weighted by Crippen LogP contribution is -1.29. The van der Waals surface area contributed by atoms with E-state index in [9.17, 15) is 0 Å². The summed E-state index contributed by atoms with van der Waals surface area (Å²) in [5.41, 5.74) is 0. The average molecular weight is 84.1 g/mol. The number of rotatable bonds is 0. The molecule has 0 aromatic rings. The van der Waals surface area contributed by atoms with Gasteiger partial charge in [0.25, 0.3) is 0 Å². The molecule has 0 amide bonds. The van der Waals surface area contributed by atoms with Gasteiger partial charge in [-0.2, -0.15) is 0 Å². The zero-order valence-corrected chi connectivity index (χ0v) is 1.39. The Bertz CT molecular complexity index is 4.85. The van der Waals surface area contributed by atoms with Crippen molar-refractivity contribution in [3.63, 3.8) is 0 Å². The van der Waals surface area contributed by atoms with Crippen LogP contribution >= 0.6 is 0 Å². The second-order valence-corrected chi connectivity index (χ2v) is 0. The summed E-state index contributed by atoms with van der Waals surface area (Å²) in [6, 6.07) is 0. The highest BCUT2D eigenvalue weighted by Crippen LogP contribution is 0.711. The van der Waals surface area contributed by atoms with Crippen LogP contribution in [-0.4, -0.2) is 16.0 Å². The maximum Gasteiger partial charge on any atom is -0.0776 e. The van der Waals surface area contributed by atoms with Crippen molar-refractivity contribution in [2.75, 3.05) is 0 Å². The molecule has 0 saturated heterocycles. The monoisotopic (exact) mass is 84.1 g/mol. The maximum absolute atomic E-state index is 6.00. The molecule has 0 aliphatic rings. The van der Waals surface area contributed by atoms with Crippen LogP contribution in [0.2, 0.25) is 0 Å². The van der Waals surface area contributed by atoms with Gasteiger partial charge in [-0.05, 0) is 0 Å². The van der Waals surface area contributed by atoms with Crippen molar-refractivity contribution in [2.24, 2.45) is 0 Å². The van der Waals surface area contributed by atoms with Crippen molar-refractivity contribution in [3.8, 4) is 0 Å². The van der Waals surface area contributed by atoms with E-state index in [-0.39, 0.29) is 20.3 Å². The van der Waals surface area contributed by atoms with Crippen molar-refractivity contribution >= 4 is 0 Å². The minimum atomic E-state index is 0. The van der Waals surface area contributed by atoms with Crippen molar-refractivity contribution in [3.05, 3.63) is 0 Å². The van der Waals surface area contributed by atoms with Gasteiger partial charge in [-0.15, -0.1) is 0 Å². The Labute approximate surface area is 32.1 Å². The van der Waals surface area contributed by atoms with Crippen LogP contribution < -0.4 is 0 Å². The van der Waals surface area contributed by atoms with Crippen molar-refractivity contribution < 1.29 is 16.0 Å². The third-order valence-electron chi connectivity index (χ3n) is 0.